The van der Waals surface area contributed by atoms with Crippen molar-refractivity contribution < 1.29 is 14.5 Å². The standard InChI is InChI=1S/C14H13N3O4/c18-14(15-10-21-11-6-2-1-3-7-11)16-12-8-4-5-9-13(12)17(19)20/h1-9H,10H2,(H2,15,16,18). The molecule has 0 heterocycles. The van der Waals surface area contributed by atoms with E-state index in [0.717, 1.165) is 0 Å². The van der Waals surface area contributed by atoms with Crippen molar-refractivity contribution in [3.05, 3.63) is 64.7 Å². The van der Waals surface area contributed by atoms with Crippen LogP contribution in [-0.4, -0.2) is 17.7 Å². The van der Waals surface area contributed by atoms with Crippen LogP contribution < -0.4 is 15.4 Å². The van der Waals surface area contributed by atoms with Crippen molar-refractivity contribution in [1.82, 2.24) is 5.32 Å². The van der Waals surface area contributed by atoms with Crippen LogP contribution >= 0.6 is 0 Å². The zero-order chi connectivity index (χ0) is 15.1. The first-order chi connectivity index (χ1) is 10.2. The lowest BCUT2D eigenvalue weighted by atomic mass is 10.3. The van der Waals surface area contributed by atoms with Crippen LogP contribution in [0.4, 0.5) is 16.2 Å². The number of nitrogens with zero attached hydrogens (tertiary/aromatic N) is 1. The highest BCUT2D eigenvalue weighted by Gasteiger charge is 2.14. The van der Waals surface area contributed by atoms with E-state index in [2.05, 4.69) is 10.6 Å². The lowest BCUT2D eigenvalue weighted by Crippen LogP contribution is -2.32. The maximum Gasteiger partial charge on any atom is 0.322 e. The number of para-hydroxylation sites is 3. The Balaban J connectivity index is 1.86. The first-order valence-electron chi connectivity index (χ1n) is 6.13. The summed E-state index contributed by atoms with van der Waals surface area (Å²) in [5, 5.41) is 15.7. The predicted octanol–water partition coefficient (Wildman–Crippen LogP) is 2.75. The van der Waals surface area contributed by atoms with Crippen molar-refractivity contribution in [2.24, 2.45) is 0 Å². The van der Waals surface area contributed by atoms with E-state index < -0.39 is 11.0 Å². The summed E-state index contributed by atoms with van der Waals surface area (Å²) >= 11 is 0. The number of urea groups is 1. The molecule has 0 aliphatic carbocycles. The Morgan fingerprint density at radius 1 is 1.10 bits per heavy atom. The molecule has 0 bridgehead atoms. The number of carbonyl (C=O) groups is 1. The molecule has 0 unspecified atom stereocenters. The van der Waals surface area contributed by atoms with Gasteiger partial charge in [0.1, 0.15) is 11.4 Å². The molecular formula is C14H13N3O4. The Morgan fingerprint density at radius 3 is 2.48 bits per heavy atom. The van der Waals surface area contributed by atoms with E-state index >= 15 is 0 Å². The first-order valence-corrected chi connectivity index (χ1v) is 6.13. The lowest BCUT2D eigenvalue weighted by Gasteiger charge is -2.09. The SMILES string of the molecule is O=C(NCOc1ccccc1)Nc1ccccc1[N+](=O)[O-]. The molecule has 2 aromatic carbocycles. The molecule has 7 heteroatoms. The summed E-state index contributed by atoms with van der Waals surface area (Å²) in [6.07, 6.45) is 0. The number of nitro benzene ring substituents is 1. The van der Waals surface area contributed by atoms with Gasteiger partial charge in [0.15, 0.2) is 6.73 Å². The van der Waals surface area contributed by atoms with Gasteiger partial charge in [-0.05, 0) is 18.2 Å². The van der Waals surface area contributed by atoms with Crippen LogP contribution in [-0.2, 0) is 0 Å². The highest BCUT2D eigenvalue weighted by atomic mass is 16.6. The van der Waals surface area contributed by atoms with E-state index in [1.54, 1.807) is 18.2 Å². The molecule has 0 spiro atoms. The number of carbonyl (C=O) groups excluding carboxylic acids is 1. The van der Waals surface area contributed by atoms with Crippen molar-refractivity contribution >= 4 is 17.4 Å². The maximum absolute atomic E-state index is 11.7. The van der Waals surface area contributed by atoms with E-state index in [1.165, 1.54) is 18.2 Å². The number of amides is 2. The van der Waals surface area contributed by atoms with Gasteiger partial charge in [-0.3, -0.25) is 10.1 Å². The maximum atomic E-state index is 11.7. The molecule has 2 aromatic rings. The largest absolute Gasteiger partial charge is 0.473 e. The third-order valence-electron chi connectivity index (χ3n) is 2.56. The zero-order valence-electron chi connectivity index (χ0n) is 11.0. The molecule has 2 N–H and O–H groups in total. The monoisotopic (exact) mass is 287 g/mol. The molecule has 0 aliphatic heterocycles. The first kappa shape index (κ1) is 14.3. The number of ether oxygens (including phenoxy) is 1. The van der Waals surface area contributed by atoms with Gasteiger partial charge in [0, 0.05) is 6.07 Å². The topological polar surface area (TPSA) is 93.5 Å². The van der Waals surface area contributed by atoms with Gasteiger partial charge in [-0.2, -0.15) is 0 Å². The minimum Gasteiger partial charge on any atom is -0.473 e. The number of benzene rings is 2. The Morgan fingerprint density at radius 2 is 1.76 bits per heavy atom. The number of rotatable bonds is 5. The van der Waals surface area contributed by atoms with Gasteiger partial charge in [0.25, 0.3) is 5.69 Å². The predicted molar refractivity (Wildman–Crippen MR) is 77.2 cm³/mol. The van der Waals surface area contributed by atoms with Crippen LogP contribution in [0.2, 0.25) is 0 Å². The second kappa shape index (κ2) is 6.90. The van der Waals surface area contributed by atoms with E-state index in [-0.39, 0.29) is 18.1 Å². The highest BCUT2D eigenvalue weighted by molar-refractivity contribution is 5.91. The molecule has 0 saturated heterocycles. The molecule has 0 saturated carbocycles. The minimum absolute atomic E-state index is 0.0452. The van der Waals surface area contributed by atoms with Crippen LogP contribution in [0.15, 0.2) is 54.6 Å². The summed E-state index contributed by atoms with van der Waals surface area (Å²) in [6, 6.07) is 14.3. The van der Waals surface area contributed by atoms with E-state index in [0.29, 0.717) is 5.75 Å². The second-order valence-electron chi connectivity index (χ2n) is 4.01. The summed E-state index contributed by atoms with van der Waals surface area (Å²) in [4.78, 5) is 21.9. The van der Waals surface area contributed by atoms with Gasteiger partial charge in [-0.15, -0.1) is 0 Å². The van der Waals surface area contributed by atoms with E-state index in [1.807, 2.05) is 18.2 Å². The number of nitro groups is 1. The van der Waals surface area contributed by atoms with Crippen LogP contribution in [0.5, 0.6) is 5.75 Å². The normalized spacial score (nSPS) is 9.71. The molecule has 7 nitrogen and oxygen atoms in total. The van der Waals surface area contributed by atoms with Gasteiger partial charge in [-0.1, -0.05) is 30.3 Å². The van der Waals surface area contributed by atoms with Gasteiger partial charge >= 0.3 is 6.03 Å². The number of hydrogen-bond acceptors (Lipinski definition) is 4. The number of anilines is 1. The average Bonchev–Trinajstić information content (AvgIpc) is 2.48. The average molecular weight is 287 g/mol. The summed E-state index contributed by atoms with van der Waals surface area (Å²) < 4.78 is 5.29. The third kappa shape index (κ3) is 4.20. The van der Waals surface area contributed by atoms with Crippen LogP contribution in [0, 0.1) is 10.1 Å². The van der Waals surface area contributed by atoms with Crippen molar-refractivity contribution in [2.45, 2.75) is 0 Å². The highest BCUT2D eigenvalue weighted by Crippen LogP contribution is 2.22. The second-order valence-corrected chi connectivity index (χ2v) is 4.01. The van der Waals surface area contributed by atoms with Crippen molar-refractivity contribution in [3.63, 3.8) is 0 Å². The minimum atomic E-state index is -0.583. The molecule has 0 atom stereocenters. The zero-order valence-corrected chi connectivity index (χ0v) is 11.0. The summed E-state index contributed by atoms with van der Waals surface area (Å²) in [5.74, 6) is 0.614. The molecule has 21 heavy (non-hydrogen) atoms. The smallest absolute Gasteiger partial charge is 0.322 e. The summed E-state index contributed by atoms with van der Waals surface area (Å²) in [6.45, 7) is -0.0452. The fourth-order valence-corrected chi connectivity index (χ4v) is 1.61. The van der Waals surface area contributed by atoms with Crippen molar-refractivity contribution in [2.75, 3.05) is 12.0 Å². The van der Waals surface area contributed by atoms with Gasteiger partial charge in [-0.25, -0.2) is 4.79 Å². The van der Waals surface area contributed by atoms with Crippen molar-refractivity contribution in [1.29, 1.82) is 0 Å². The van der Waals surface area contributed by atoms with Crippen LogP contribution in [0.25, 0.3) is 0 Å². The van der Waals surface area contributed by atoms with Crippen molar-refractivity contribution in [3.8, 4) is 5.75 Å². The molecule has 0 aliphatic rings. The van der Waals surface area contributed by atoms with Gasteiger partial charge in [0.2, 0.25) is 0 Å². The van der Waals surface area contributed by atoms with Crippen LogP contribution in [0.1, 0.15) is 0 Å². The fourth-order valence-electron chi connectivity index (χ4n) is 1.61. The summed E-state index contributed by atoms with van der Waals surface area (Å²) in [7, 11) is 0. The van der Waals surface area contributed by atoms with Gasteiger partial charge in [0.05, 0.1) is 4.92 Å². The van der Waals surface area contributed by atoms with Crippen LogP contribution in [0.3, 0.4) is 0 Å². The molecule has 0 aromatic heterocycles. The number of nitrogens with one attached hydrogen (secondary N) is 2. The Bertz CT molecular complexity index is 631. The Kier molecular flexibility index (Phi) is 4.70. The third-order valence-corrected chi connectivity index (χ3v) is 2.56. The van der Waals surface area contributed by atoms with Gasteiger partial charge < -0.3 is 15.4 Å². The van der Waals surface area contributed by atoms with E-state index in [9.17, 15) is 14.9 Å². The Labute approximate surface area is 120 Å². The molecule has 0 fully saturated rings. The Hall–Kier alpha value is -3.09. The molecule has 2 rings (SSSR count). The number of hydrogen-bond donors (Lipinski definition) is 2. The fraction of sp³-hybridized carbons (Fsp3) is 0.0714. The molecular weight excluding hydrogens is 274 g/mol. The molecule has 2 amide bonds. The molecule has 108 valence electrons. The van der Waals surface area contributed by atoms with E-state index in [4.69, 9.17) is 4.74 Å². The summed E-state index contributed by atoms with van der Waals surface area (Å²) in [5.41, 5.74) is -0.0451. The lowest BCUT2D eigenvalue weighted by molar-refractivity contribution is -0.383. The molecule has 0 radical (unpaired) electrons. The quantitative estimate of drug-likeness (QED) is 0.502.